The first-order valence-electron chi connectivity index (χ1n) is 4.13. The maximum absolute atomic E-state index is 8.62. The van der Waals surface area contributed by atoms with E-state index in [0.717, 1.165) is 13.0 Å². The van der Waals surface area contributed by atoms with Crippen molar-refractivity contribution in [1.82, 2.24) is 0 Å². The Bertz CT molecular complexity index is 362. The van der Waals surface area contributed by atoms with Crippen molar-refractivity contribution in [3.05, 3.63) is 30.1 Å². The lowest BCUT2D eigenvalue weighted by atomic mass is 10.3. The normalized spacial score (nSPS) is 8.14. The summed E-state index contributed by atoms with van der Waals surface area (Å²) >= 11 is 0. The third kappa shape index (κ3) is 4.02. The van der Waals surface area contributed by atoms with Gasteiger partial charge in [0.15, 0.2) is 12.4 Å². The minimum absolute atomic E-state index is 0. The van der Waals surface area contributed by atoms with Crippen molar-refractivity contribution >= 4 is 0 Å². The van der Waals surface area contributed by atoms with Gasteiger partial charge in [0.05, 0.1) is 6.07 Å². The van der Waals surface area contributed by atoms with E-state index in [1.165, 1.54) is 0 Å². The van der Waals surface area contributed by atoms with Crippen molar-refractivity contribution in [3.63, 3.8) is 0 Å². The molecule has 1 rings (SSSR count). The largest absolute Gasteiger partial charge is 1.00 e. The Morgan fingerprint density at radius 3 is 2.79 bits per heavy atom. The Balaban J connectivity index is 0.00000169. The summed E-state index contributed by atoms with van der Waals surface area (Å²) in [5.41, 5.74) is 0.652. The van der Waals surface area contributed by atoms with Gasteiger partial charge in [-0.15, -0.1) is 0 Å². The molecule has 72 valence electrons. The molecule has 14 heavy (non-hydrogen) atoms. The Morgan fingerprint density at radius 1 is 1.36 bits per heavy atom. The number of pyridine rings is 1. The van der Waals surface area contributed by atoms with Crippen LogP contribution in [-0.2, 0) is 6.54 Å². The van der Waals surface area contributed by atoms with Crippen molar-refractivity contribution in [2.45, 2.75) is 19.4 Å². The minimum Gasteiger partial charge on any atom is -1.00 e. The van der Waals surface area contributed by atoms with Crippen LogP contribution in [0.15, 0.2) is 24.5 Å². The van der Waals surface area contributed by atoms with Crippen LogP contribution in [0.3, 0.4) is 0 Å². The number of hydrogen-bond donors (Lipinski definition) is 0. The minimum atomic E-state index is 0. The highest BCUT2D eigenvalue weighted by atomic mass is 79.9. The highest BCUT2D eigenvalue weighted by Gasteiger charge is 2.00. The van der Waals surface area contributed by atoms with Gasteiger partial charge in [-0.25, -0.2) is 4.57 Å². The SMILES string of the molecule is N#CCCC[n+]1cccc(C#N)c1.[Br-]. The average molecular weight is 252 g/mol. The van der Waals surface area contributed by atoms with Crippen molar-refractivity contribution in [2.24, 2.45) is 0 Å². The number of aromatic nitrogens is 1. The zero-order valence-corrected chi connectivity index (χ0v) is 9.24. The van der Waals surface area contributed by atoms with Crippen LogP contribution in [0.2, 0.25) is 0 Å². The molecule has 0 bridgehead atoms. The number of nitrogens with zero attached hydrogens (tertiary/aromatic N) is 3. The molecule has 3 nitrogen and oxygen atoms in total. The predicted molar refractivity (Wildman–Crippen MR) is 46.2 cm³/mol. The quantitative estimate of drug-likeness (QED) is 0.468. The zero-order chi connectivity index (χ0) is 9.52. The molecule has 0 aliphatic rings. The lowest BCUT2D eigenvalue weighted by Crippen LogP contribution is -3.00. The summed E-state index contributed by atoms with van der Waals surface area (Å²) < 4.78 is 1.93. The van der Waals surface area contributed by atoms with Gasteiger partial charge in [-0.1, -0.05) is 0 Å². The number of rotatable bonds is 3. The monoisotopic (exact) mass is 251 g/mol. The van der Waals surface area contributed by atoms with E-state index in [4.69, 9.17) is 10.5 Å². The van der Waals surface area contributed by atoms with Gasteiger partial charge in [0.2, 0.25) is 0 Å². The molecule has 0 radical (unpaired) electrons. The van der Waals surface area contributed by atoms with Crippen LogP contribution < -0.4 is 21.5 Å². The number of aryl methyl sites for hydroxylation is 1. The molecular weight excluding hydrogens is 242 g/mol. The molecule has 0 aliphatic carbocycles. The fourth-order valence-electron chi connectivity index (χ4n) is 1.07. The Kier molecular flexibility index (Phi) is 6.36. The number of nitriles is 2. The summed E-state index contributed by atoms with van der Waals surface area (Å²) in [5.74, 6) is 0. The first-order valence-corrected chi connectivity index (χ1v) is 4.13. The molecule has 0 spiro atoms. The van der Waals surface area contributed by atoms with Crippen molar-refractivity contribution in [1.29, 1.82) is 10.5 Å². The molecule has 0 amide bonds. The standard InChI is InChI=1S/C10H10N3.BrH/c11-5-1-2-6-13-7-3-4-10(8-12)9-13;/h3-4,7,9H,1-2,6H2;1H/q+1;/p-1. The molecule has 0 aliphatic heterocycles. The molecule has 1 aromatic rings. The van der Waals surface area contributed by atoms with Gasteiger partial charge in [-0.2, -0.15) is 10.5 Å². The lowest BCUT2D eigenvalue weighted by molar-refractivity contribution is -0.697. The summed E-state index contributed by atoms with van der Waals surface area (Å²) in [4.78, 5) is 0. The van der Waals surface area contributed by atoms with Crippen molar-refractivity contribution in [2.75, 3.05) is 0 Å². The highest BCUT2D eigenvalue weighted by Crippen LogP contribution is 1.92. The van der Waals surface area contributed by atoms with E-state index in [1.807, 2.05) is 16.8 Å². The Hall–Kier alpha value is -1.39. The second-order valence-corrected chi connectivity index (χ2v) is 2.70. The van der Waals surface area contributed by atoms with Crippen LogP contribution >= 0.6 is 0 Å². The van der Waals surface area contributed by atoms with Gasteiger partial charge in [0.1, 0.15) is 18.2 Å². The van der Waals surface area contributed by atoms with Crippen molar-refractivity contribution < 1.29 is 21.5 Å². The molecule has 0 saturated carbocycles. The van der Waals surface area contributed by atoms with E-state index in [-0.39, 0.29) is 17.0 Å². The molecular formula is C10H10BrN3. The fourth-order valence-corrected chi connectivity index (χ4v) is 1.07. The second kappa shape index (κ2) is 7.06. The van der Waals surface area contributed by atoms with Crippen LogP contribution in [0.25, 0.3) is 0 Å². The third-order valence-corrected chi connectivity index (χ3v) is 1.69. The second-order valence-electron chi connectivity index (χ2n) is 2.70. The molecule has 4 heteroatoms. The summed E-state index contributed by atoms with van der Waals surface area (Å²) in [6, 6.07) is 7.76. The molecule has 0 fully saturated rings. The summed E-state index contributed by atoms with van der Waals surface area (Å²) in [7, 11) is 0. The van der Waals surface area contributed by atoms with E-state index in [0.29, 0.717) is 12.0 Å². The molecule has 0 unspecified atom stereocenters. The molecule has 0 saturated heterocycles. The van der Waals surface area contributed by atoms with Gasteiger partial charge in [-0.3, -0.25) is 0 Å². The highest BCUT2D eigenvalue weighted by molar-refractivity contribution is 5.21. The van der Waals surface area contributed by atoms with E-state index in [9.17, 15) is 0 Å². The molecule has 1 aromatic heterocycles. The number of unbranched alkanes of at least 4 members (excludes halogenated alkanes) is 1. The maximum Gasteiger partial charge on any atom is 0.186 e. The Morgan fingerprint density at radius 2 is 2.14 bits per heavy atom. The van der Waals surface area contributed by atoms with E-state index in [1.54, 1.807) is 12.3 Å². The van der Waals surface area contributed by atoms with Crippen LogP contribution in [0, 0.1) is 22.7 Å². The van der Waals surface area contributed by atoms with E-state index in [2.05, 4.69) is 12.1 Å². The number of halogens is 1. The van der Waals surface area contributed by atoms with Crippen molar-refractivity contribution in [3.8, 4) is 12.1 Å². The number of hydrogen-bond acceptors (Lipinski definition) is 2. The van der Waals surface area contributed by atoms with Gasteiger partial charge >= 0.3 is 0 Å². The summed E-state index contributed by atoms with van der Waals surface area (Å²) in [6.45, 7) is 0.795. The van der Waals surface area contributed by atoms with Crippen LogP contribution in [-0.4, -0.2) is 0 Å². The topological polar surface area (TPSA) is 51.5 Å². The van der Waals surface area contributed by atoms with E-state index >= 15 is 0 Å². The summed E-state index contributed by atoms with van der Waals surface area (Å²) in [6.07, 6.45) is 5.08. The Labute approximate surface area is 94.0 Å². The zero-order valence-electron chi connectivity index (χ0n) is 7.65. The summed E-state index contributed by atoms with van der Waals surface area (Å²) in [5, 5.41) is 17.0. The fraction of sp³-hybridized carbons (Fsp3) is 0.300. The average Bonchev–Trinajstić information content (AvgIpc) is 2.19. The van der Waals surface area contributed by atoms with Crippen LogP contribution in [0.4, 0.5) is 0 Å². The molecule has 0 N–H and O–H groups in total. The first kappa shape index (κ1) is 12.6. The van der Waals surface area contributed by atoms with E-state index < -0.39 is 0 Å². The molecule has 0 atom stereocenters. The molecule has 1 heterocycles. The molecule has 0 aromatic carbocycles. The van der Waals surface area contributed by atoms with Crippen LogP contribution in [0.1, 0.15) is 18.4 Å². The van der Waals surface area contributed by atoms with Gasteiger partial charge in [-0.05, 0) is 6.07 Å². The van der Waals surface area contributed by atoms with Gasteiger partial charge in [0, 0.05) is 18.9 Å². The maximum atomic E-state index is 8.62. The van der Waals surface area contributed by atoms with Gasteiger partial charge < -0.3 is 17.0 Å². The third-order valence-electron chi connectivity index (χ3n) is 1.69. The lowest BCUT2D eigenvalue weighted by Gasteiger charge is -1.93. The first-order chi connectivity index (χ1) is 6.36. The smallest absolute Gasteiger partial charge is 0.186 e. The predicted octanol–water partition coefficient (Wildman–Crippen LogP) is -1.85. The van der Waals surface area contributed by atoms with Crippen LogP contribution in [0.5, 0.6) is 0 Å². The van der Waals surface area contributed by atoms with Gasteiger partial charge in [0.25, 0.3) is 0 Å².